The van der Waals surface area contributed by atoms with Crippen LogP contribution in [0, 0.1) is 12.8 Å². The molecule has 1 amide bonds. The van der Waals surface area contributed by atoms with Crippen LogP contribution in [0.5, 0.6) is 0 Å². The minimum Gasteiger partial charge on any atom is -0.396 e. The van der Waals surface area contributed by atoms with Crippen LogP contribution in [-0.2, 0) is 0 Å². The predicted octanol–water partition coefficient (Wildman–Crippen LogP) is 2.58. The van der Waals surface area contributed by atoms with E-state index in [0.717, 1.165) is 56.3 Å². The van der Waals surface area contributed by atoms with Crippen molar-refractivity contribution in [2.45, 2.75) is 45.1 Å². The summed E-state index contributed by atoms with van der Waals surface area (Å²) in [5.41, 5.74) is 2.46. The molecule has 0 spiro atoms. The molecule has 1 saturated carbocycles. The highest BCUT2D eigenvalue weighted by Crippen LogP contribution is 2.26. The highest BCUT2D eigenvalue weighted by molar-refractivity contribution is 5.94. The molecule has 0 atom stereocenters. The molecule has 2 aromatic heterocycles. The number of aromatic nitrogens is 3. The van der Waals surface area contributed by atoms with E-state index in [-0.39, 0.29) is 18.1 Å². The highest BCUT2D eigenvalue weighted by atomic mass is 16.3. The summed E-state index contributed by atoms with van der Waals surface area (Å²) in [5, 5.41) is 13.0. The van der Waals surface area contributed by atoms with Crippen LogP contribution >= 0.6 is 0 Å². The van der Waals surface area contributed by atoms with Crippen molar-refractivity contribution in [1.29, 1.82) is 0 Å². The molecule has 5 rings (SSSR count). The Morgan fingerprint density at radius 2 is 1.79 bits per heavy atom. The van der Waals surface area contributed by atoms with E-state index in [1.54, 1.807) is 34.9 Å². The molecule has 1 saturated heterocycles. The van der Waals surface area contributed by atoms with E-state index in [0.29, 0.717) is 34.8 Å². The third kappa shape index (κ3) is 4.48. The van der Waals surface area contributed by atoms with Gasteiger partial charge >= 0.3 is 0 Å². The van der Waals surface area contributed by atoms with Crippen LogP contribution in [0.25, 0.3) is 16.7 Å². The first kappa shape index (κ1) is 21.6. The molecule has 2 aliphatic rings. The first-order valence-corrected chi connectivity index (χ1v) is 11.7. The number of piperidine rings is 1. The zero-order valence-corrected chi connectivity index (χ0v) is 18.8. The standard InChI is InChI=1S/C25H29N5O3/c1-16-21-8-9-22(32)30(20-6-2-18(3-7-20)24(33)27-19-4-5-19)23(21)28-25(26-16)29-13-10-17(11-14-29)12-15-31/h2-3,6-9,17,19,31H,4-5,10-15H2,1H3,(H,27,33). The Kier molecular flexibility index (Phi) is 5.85. The van der Waals surface area contributed by atoms with E-state index < -0.39 is 0 Å². The SMILES string of the molecule is Cc1nc(N2CCC(CCO)CC2)nc2c1ccc(=O)n2-c1ccc(C(=O)NC2CC2)cc1. The number of aryl methyl sites for hydroxylation is 1. The fraction of sp³-hybridized carbons (Fsp3) is 0.440. The van der Waals surface area contributed by atoms with E-state index >= 15 is 0 Å². The van der Waals surface area contributed by atoms with Crippen LogP contribution in [0.4, 0.5) is 5.95 Å². The first-order chi connectivity index (χ1) is 16.0. The molecule has 1 aliphatic heterocycles. The van der Waals surface area contributed by atoms with Crippen LogP contribution in [0.1, 0.15) is 48.2 Å². The Morgan fingerprint density at radius 1 is 1.06 bits per heavy atom. The fourth-order valence-corrected chi connectivity index (χ4v) is 4.50. The molecule has 172 valence electrons. The molecule has 1 aliphatic carbocycles. The summed E-state index contributed by atoms with van der Waals surface area (Å²) >= 11 is 0. The number of nitrogens with zero attached hydrogens (tertiary/aromatic N) is 4. The Bertz CT molecular complexity index is 1230. The van der Waals surface area contributed by atoms with Crippen molar-refractivity contribution in [2.75, 3.05) is 24.6 Å². The fourth-order valence-electron chi connectivity index (χ4n) is 4.50. The number of hydrogen-bond donors (Lipinski definition) is 2. The maximum absolute atomic E-state index is 12.9. The maximum Gasteiger partial charge on any atom is 0.256 e. The number of fused-ring (bicyclic) bond motifs is 1. The van der Waals surface area contributed by atoms with Crippen molar-refractivity contribution in [3.8, 4) is 5.69 Å². The van der Waals surface area contributed by atoms with Crippen LogP contribution in [-0.4, -0.2) is 51.3 Å². The number of hydrogen-bond acceptors (Lipinski definition) is 6. The molecule has 2 N–H and O–H groups in total. The summed E-state index contributed by atoms with van der Waals surface area (Å²) in [6.07, 6.45) is 4.89. The van der Waals surface area contributed by atoms with Gasteiger partial charge in [-0.1, -0.05) is 0 Å². The predicted molar refractivity (Wildman–Crippen MR) is 127 cm³/mol. The lowest BCUT2D eigenvalue weighted by Gasteiger charge is -2.32. The molecule has 0 unspecified atom stereocenters. The Balaban J connectivity index is 1.49. The zero-order valence-electron chi connectivity index (χ0n) is 18.8. The number of benzene rings is 1. The van der Waals surface area contributed by atoms with Crippen molar-refractivity contribution in [3.05, 3.63) is 58.0 Å². The normalized spacial score (nSPS) is 16.8. The first-order valence-electron chi connectivity index (χ1n) is 11.7. The number of anilines is 1. The van der Waals surface area contributed by atoms with Gasteiger partial charge in [-0.2, -0.15) is 4.98 Å². The summed E-state index contributed by atoms with van der Waals surface area (Å²) in [6, 6.07) is 10.7. The van der Waals surface area contributed by atoms with Crippen molar-refractivity contribution >= 4 is 22.9 Å². The van der Waals surface area contributed by atoms with E-state index in [4.69, 9.17) is 9.97 Å². The van der Waals surface area contributed by atoms with Gasteiger partial charge < -0.3 is 15.3 Å². The van der Waals surface area contributed by atoms with E-state index in [1.165, 1.54) is 6.07 Å². The number of pyridine rings is 1. The highest BCUT2D eigenvalue weighted by Gasteiger charge is 2.24. The second-order valence-electron chi connectivity index (χ2n) is 9.09. The van der Waals surface area contributed by atoms with Gasteiger partial charge in [0.2, 0.25) is 5.95 Å². The average molecular weight is 448 g/mol. The van der Waals surface area contributed by atoms with Gasteiger partial charge in [-0.15, -0.1) is 0 Å². The van der Waals surface area contributed by atoms with Crippen LogP contribution in [0.2, 0.25) is 0 Å². The van der Waals surface area contributed by atoms with Gasteiger partial charge in [0.05, 0.1) is 11.4 Å². The zero-order chi connectivity index (χ0) is 22.9. The molecule has 0 radical (unpaired) electrons. The Labute approximate surface area is 192 Å². The molecule has 0 bridgehead atoms. The topological polar surface area (TPSA) is 100 Å². The molecule has 3 aromatic rings. The second kappa shape index (κ2) is 8.94. The number of carbonyl (C=O) groups is 1. The lowest BCUT2D eigenvalue weighted by molar-refractivity contribution is 0.0951. The lowest BCUT2D eigenvalue weighted by Crippen LogP contribution is -2.35. The summed E-state index contributed by atoms with van der Waals surface area (Å²) in [4.78, 5) is 36.9. The molecular weight excluding hydrogens is 418 g/mol. The Morgan fingerprint density at radius 3 is 2.45 bits per heavy atom. The van der Waals surface area contributed by atoms with Crippen molar-refractivity contribution < 1.29 is 9.90 Å². The molecule has 8 nitrogen and oxygen atoms in total. The largest absolute Gasteiger partial charge is 0.396 e. The molecule has 2 fully saturated rings. The van der Waals surface area contributed by atoms with Gasteiger partial charge in [-0.25, -0.2) is 4.98 Å². The molecular formula is C25H29N5O3. The summed E-state index contributed by atoms with van der Waals surface area (Å²) in [5.74, 6) is 1.07. The summed E-state index contributed by atoms with van der Waals surface area (Å²) < 4.78 is 1.59. The van der Waals surface area contributed by atoms with Crippen molar-refractivity contribution in [3.63, 3.8) is 0 Å². The minimum atomic E-state index is -0.177. The monoisotopic (exact) mass is 447 g/mol. The smallest absolute Gasteiger partial charge is 0.256 e. The van der Waals surface area contributed by atoms with Gasteiger partial charge in [0.25, 0.3) is 11.5 Å². The number of carbonyl (C=O) groups excluding carboxylic acids is 1. The number of rotatable bonds is 6. The summed E-state index contributed by atoms with van der Waals surface area (Å²) in [7, 11) is 0. The van der Waals surface area contributed by atoms with Gasteiger partial charge in [0.1, 0.15) is 0 Å². The number of amides is 1. The maximum atomic E-state index is 12.9. The van der Waals surface area contributed by atoms with E-state index in [2.05, 4.69) is 10.2 Å². The Hall–Kier alpha value is -3.26. The van der Waals surface area contributed by atoms with E-state index in [9.17, 15) is 14.7 Å². The van der Waals surface area contributed by atoms with Crippen LogP contribution < -0.4 is 15.8 Å². The molecule has 8 heteroatoms. The summed E-state index contributed by atoms with van der Waals surface area (Å²) in [6.45, 7) is 3.82. The van der Waals surface area contributed by atoms with Gasteiger partial charge in [0, 0.05) is 42.8 Å². The quantitative estimate of drug-likeness (QED) is 0.603. The van der Waals surface area contributed by atoms with Gasteiger partial charge in [0.15, 0.2) is 5.65 Å². The minimum absolute atomic E-state index is 0.0839. The molecule has 33 heavy (non-hydrogen) atoms. The van der Waals surface area contributed by atoms with Gasteiger partial charge in [-0.3, -0.25) is 14.2 Å². The van der Waals surface area contributed by atoms with Crippen LogP contribution in [0.3, 0.4) is 0 Å². The second-order valence-corrected chi connectivity index (χ2v) is 9.09. The number of aliphatic hydroxyl groups excluding tert-OH is 1. The lowest BCUT2D eigenvalue weighted by atomic mass is 9.94. The molecule has 1 aromatic carbocycles. The van der Waals surface area contributed by atoms with Crippen molar-refractivity contribution in [2.24, 2.45) is 5.92 Å². The van der Waals surface area contributed by atoms with Gasteiger partial charge in [-0.05, 0) is 75.3 Å². The third-order valence-corrected chi connectivity index (χ3v) is 6.66. The number of nitrogens with one attached hydrogen (secondary N) is 1. The third-order valence-electron chi connectivity index (χ3n) is 6.66. The van der Waals surface area contributed by atoms with Crippen LogP contribution in [0.15, 0.2) is 41.2 Å². The van der Waals surface area contributed by atoms with E-state index in [1.807, 2.05) is 6.92 Å². The molecule has 3 heterocycles. The van der Waals surface area contributed by atoms with Crippen molar-refractivity contribution in [1.82, 2.24) is 19.9 Å². The number of aliphatic hydroxyl groups is 1. The average Bonchev–Trinajstić information content (AvgIpc) is 3.64.